The summed E-state index contributed by atoms with van der Waals surface area (Å²) in [4.78, 5) is 33.8. The third kappa shape index (κ3) is 5.81. The average Bonchev–Trinajstić information content (AvgIpc) is 3.24. The summed E-state index contributed by atoms with van der Waals surface area (Å²) in [7, 11) is 1.98. The Labute approximate surface area is 198 Å². The normalized spacial score (nSPS) is 18.2. The van der Waals surface area contributed by atoms with Crippen molar-refractivity contribution in [2.75, 3.05) is 11.9 Å². The zero-order chi connectivity index (χ0) is 22.7. The molecule has 2 atom stereocenters. The topological polar surface area (TPSA) is 74.3 Å². The molecule has 8 heteroatoms. The number of carbonyl (C=O) groups excluding carboxylic acids is 2. The fourth-order valence-corrected chi connectivity index (χ4v) is 5.45. The summed E-state index contributed by atoms with van der Waals surface area (Å²) in [5.41, 5.74) is 0.915. The van der Waals surface area contributed by atoms with Crippen LogP contribution >= 0.6 is 22.9 Å². The number of pyridine rings is 1. The number of anilines is 1. The largest absolute Gasteiger partial charge is 0.366 e. The van der Waals surface area contributed by atoms with Gasteiger partial charge in [0.15, 0.2) is 0 Å². The fourth-order valence-electron chi connectivity index (χ4n) is 4.28. The van der Waals surface area contributed by atoms with E-state index >= 15 is 0 Å². The molecule has 2 saturated carbocycles. The Morgan fingerprint density at radius 2 is 1.97 bits per heavy atom. The lowest BCUT2D eigenvalue weighted by molar-refractivity contribution is -0.123. The number of nitrogens with one attached hydrogen (secondary N) is 2. The van der Waals surface area contributed by atoms with E-state index in [1.165, 1.54) is 24.2 Å². The van der Waals surface area contributed by atoms with Crippen molar-refractivity contribution in [1.82, 2.24) is 15.6 Å². The standard InChI is InChI=1S/C24H31ClN4O2S/c1-15(29(2)19-12-17(25)13-26-14-19)21-9-10-22(32-21)24(31)28-20(11-16-5-3-4-6-16)23(30)27-18-7-8-18/h9-10,12-16,18,20H,3-8,11H2,1-2H3,(H,27,30)(H,28,31)/t15-,20+/m1/s1. The first-order chi connectivity index (χ1) is 15.4. The van der Waals surface area contributed by atoms with Gasteiger partial charge in [0, 0.05) is 24.2 Å². The molecule has 0 aromatic carbocycles. The van der Waals surface area contributed by atoms with E-state index in [-0.39, 0.29) is 23.9 Å². The SMILES string of the molecule is C[C@H](c1ccc(C(=O)N[C@@H](CC2CCCC2)C(=O)NC2CC2)s1)N(C)c1cncc(Cl)c1. The molecular weight excluding hydrogens is 444 g/mol. The second-order valence-corrected chi connectivity index (χ2v) is 10.6. The van der Waals surface area contributed by atoms with Gasteiger partial charge in [0.25, 0.3) is 5.91 Å². The molecule has 0 saturated heterocycles. The van der Waals surface area contributed by atoms with Gasteiger partial charge < -0.3 is 15.5 Å². The molecule has 2 aliphatic rings. The van der Waals surface area contributed by atoms with Crippen molar-refractivity contribution in [2.45, 2.75) is 70.0 Å². The zero-order valence-corrected chi connectivity index (χ0v) is 20.2. The van der Waals surface area contributed by atoms with Gasteiger partial charge in [-0.25, -0.2) is 0 Å². The maximum Gasteiger partial charge on any atom is 0.262 e. The van der Waals surface area contributed by atoms with Crippen LogP contribution in [0.1, 0.15) is 72.5 Å². The molecule has 2 heterocycles. The molecular formula is C24H31ClN4O2S. The highest BCUT2D eigenvalue weighted by Crippen LogP contribution is 2.32. The van der Waals surface area contributed by atoms with Crippen LogP contribution in [-0.2, 0) is 4.79 Å². The second kappa shape index (κ2) is 10.2. The molecule has 2 aromatic rings. The smallest absolute Gasteiger partial charge is 0.262 e. The molecule has 0 aliphatic heterocycles. The number of aromatic nitrogens is 1. The van der Waals surface area contributed by atoms with Gasteiger partial charge in [-0.15, -0.1) is 11.3 Å². The Balaban J connectivity index is 1.42. The van der Waals surface area contributed by atoms with E-state index in [0.717, 1.165) is 42.7 Å². The highest BCUT2D eigenvalue weighted by atomic mass is 35.5. The Kier molecular flexibility index (Phi) is 7.36. The van der Waals surface area contributed by atoms with Gasteiger partial charge in [0.1, 0.15) is 6.04 Å². The molecule has 6 nitrogen and oxygen atoms in total. The van der Waals surface area contributed by atoms with E-state index < -0.39 is 6.04 Å². The molecule has 2 aromatic heterocycles. The van der Waals surface area contributed by atoms with Crippen molar-refractivity contribution in [2.24, 2.45) is 5.92 Å². The lowest BCUT2D eigenvalue weighted by Crippen LogP contribution is -2.48. The molecule has 172 valence electrons. The van der Waals surface area contributed by atoms with Crippen LogP contribution in [-0.4, -0.2) is 35.9 Å². The van der Waals surface area contributed by atoms with Gasteiger partial charge in [-0.2, -0.15) is 0 Å². The molecule has 0 spiro atoms. The fraction of sp³-hybridized carbons (Fsp3) is 0.542. The number of carbonyl (C=O) groups is 2. The molecule has 0 radical (unpaired) electrons. The average molecular weight is 475 g/mol. The van der Waals surface area contributed by atoms with E-state index in [1.807, 2.05) is 25.2 Å². The minimum atomic E-state index is -0.464. The van der Waals surface area contributed by atoms with Gasteiger partial charge in [0.05, 0.1) is 27.8 Å². The van der Waals surface area contributed by atoms with Crippen LogP contribution < -0.4 is 15.5 Å². The van der Waals surface area contributed by atoms with E-state index in [2.05, 4.69) is 27.4 Å². The maximum atomic E-state index is 13.0. The highest BCUT2D eigenvalue weighted by Gasteiger charge is 2.31. The Morgan fingerprint density at radius 1 is 1.22 bits per heavy atom. The molecule has 2 N–H and O–H groups in total. The number of rotatable bonds is 9. The minimum Gasteiger partial charge on any atom is -0.366 e. The third-order valence-corrected chi connectivity index (χ3v) is 7.99. The molecule has 32 heavy (non-hydrogen) atoms. The highest BCUT2D eigenvalue weighted by molar-refractivity contribution is 7.14. The van der Waals surface area contributed by atoms with Gasteiger partial charge in [-0.05, 0) is 50.3 Å². The van der Waals surface area contributed by atoms with Gasteiger partial charge >= 0.3 is 0 Å². The quantitative estimate of drug-likeness (QED) is 0.539. The van der Waals surface area contributed by atoms with Crippen LogP contribution in [0.4, 0.5) is 5.69 Å². The van der Waals surface area contributed by atoms with Gasteiger partial charge in [0.2, 0.25) is 5.91 Å². The summed E-state index contributed by atoms with van der Waals surface area (Å²) in [6.07, 6.45) is 10.9. The van der Waals surface area contributed by atoms with Crippen molar-refractivity contribution in [3.63, 3.8) is 0 Å². The molecule has 0 bridgehead atoms. The summed E-state index contributed by atoms with van der Waals surface area (Å²) in [5.74, 6) is 0.310. The van der Waals surface area contributed by atoms with Crippen LogP contribution in [0.15, 0.2) is 30.6 Å². The Morgan fingerprint density at radius 3 is 2.66 bits per heavy atom. The van der Waals surface area contributed by atoms with Crippen LogP contribution in [0.25, 0.3) is 0 Å². The van der Waals surface area contributed by atoms with Crippen molar-refractivity contribution < 1.29 is 9.59 Å². The van der Waals surface area contributed by atoms with Gasteiger partial charge in [-0.3, -0.25) is 14.6 Å². The zero-order valence-electron chi connectivity index (χ0n) is 18.6. The van der Waals surface area contributed by atoms with Crippen LogP contribution in [0.5, 0.6) is 0 Å². The summed E-state index contributed by atoms with van der Waals surface area (Å²) in [5, 5.41) is 6.69. The van der Waals surface area contributed by atoms with E-state index in [0.29, 0.717) is 15.8 Å². The molecule has 4 rings (SSSR count). The lowest BCUT2D eigenvalue weighted by Gasteiger charge is -2.26. The molecule has 0 unspecified atom stereocenters. The first-order valence-electron chi connectivity index (χ1n) is 11.4. The third-order valence-electron chi connectivity index (χ3n) is 6.53. The van der Waals surface area contributed by atoms with E-state index in [4.69, 9.17) is 11.6 Å². The van der Waals surface area contributed by atoms with Crippen molar-refractivity contribution in [3.8, 4) is 0 Å². The number of halogens is 1. The first-order valence-corrected chi connectivity index (χ1v) is 12.6. The number of hydrogen-bond donors (Lipinski definition) is 2. The second-order valence-electron chi connectivity index (χ2n) is 9.05. The van der Waals surface area contributed by atoms with Gasteiger partial charge in [-0.1, -0.05) is 37.3 Å². The monoisotopic (exact) mass is 474 g/mol. The first kappa shape index (κ1) is 23.1. The van der Waals surface area contributed by atoms with Crippen LogP contribution in [0, 0.1) is 5.92 Å². The predicted molar refractivity (Wildman–Crippen MR) is 129 cm³/mol. The molecule has 2 amide bonds. The summed E-state index contributed by atoms with van der Waals surface area (Å²) >= 11 is 7.54. The Bertz CT molecular complexity index is 955. The van der Waals surface area contributed by atoms with Crippen LogP contribution in [0.2, 0.25) is 5.02 Å². The predicted octanol–water partition coefficient (Wildman–Crippen LogP) is 4.95. The van der Waals surface area contributed by atoms with E-state index in [1.54, 1.807) is 12.4 Å². The maximum absolute atomic E-state index is 13.0. The molecule has 2 fully saturated rings. The lowest BCUT2D eigenvalue weighted by atomic mass is 9.97. The van der Waals surface area contributed by atoms with Crippen molar-refractivity contribution >= 4 is 40.4 Å². The Hall–Kier alpha value is -2.12. The number of amides is 2. The minimum absolute atomic E-state index is 0.0360. The number of thiophene rings is 1. The van der Waals surface area contributed by atoms with Crippen molar-refractivity contribution in [1.29, 1.82) is 0 Å². The number of nitrogens with zero attached hydrogens (tertiary/aromatic N) is 2. The van der Waals surface area contributed by atoms with E-state index in [9.17, 15) is 9.59 Å². The summed E-state index contributed by atoms with van der Waals surface area (Å²) in [6.45, 7) is 2.08. The van der Waals surface area contributed by atoms with Crippen molar-refractivity contribution in [3.05, 3.63) is 45.4 Å². The van der Waals surface area contributed by atoms with Crippen LogP contribution in [0.3, 0.4) is 0 Å². The summed E-state index contributed by atoms with van der Waals surface area (Å²) in [6, 6.07) is 5.58. The summed E-state index contributed by atoms with van der Waals surface area (Å²) < 4.78 is 0. The number of hydrogen-bond acceptors (Lipinski definition) is 5. The molecule has 2 aliphatic carbocycles.